The van der Waals surface area contributed by atoms with E-state index in [4.69, 9.17) is 4.84 Å². The third-order valence-electron chi connectivity index (χ3n) is 13.2. The number of pyridine rings is 4. The second-order valence-corrected chi connectivity index (χ2v) is 23.1. The maximum Gasteiger partial charge on any atom is 0.573 e. The first-order valence-corrected chi connectivity index (χ1v) is 28.9. The number of rotatable bonds is 14. The quantitative estimate of drug-likeness (QED) is 0.0444. The lowest BCUT2D eigenvalue weighted by Crippen LogP contribution is -2.43. The zero-order valence-electron chi connectivity index (χ0n) is 47.1. The van der Waals surface area contributed by atoms with E-state index in [0.717, 1.165) is 28.6 Å². The number of hydroxylamine groups is 2. The molecule has 9 aromatic rings. The van der Waals surface area contributed by atoms with E-state index < -0.39 is 28.4 Å². The van der Waals surface area contributed by atoms with Crippen molar-refractivity contribution in [3.63, 3.8) is 0 Å². The Morgan fingerprint density at radius 3 is 1.29 bits per heavy atom. The van der Waals surface area contributed by atoms with Gasteiger partial charge in [-0.25, -0.2) is 49.9 Å². The zero-order chi connectivity index (χ0) is 62.4. The maximum absolute atomic E-state index is 12.3. The number of hydrogen-bond acceptors (Lipinski definition) is 18. The number of hydrogen-bond donors (Lipinski definition) is 2. The van der Waals surface area contributed by atoms with Crippen molar-refractivity contribution in [2.24, 2.45) is 10.8 Å². The predicted octanol–water partition coefficient (Wildman–Crippen LogP) is 12.8. The summed E-state index contributed by atoms with van der Waals surface area (Å²) in [6.07, 6.45) is 21.2. The summed E-state index contributed by atoms with van der Waals surface area (Å²) in [6.45, 7) is 11.9. The molecule has 0 aliphatic heterocycles. The first kappa shape index (κ1) is 68.7. The number of benzene rings is 1. The molecule has 0 saturated carbocycles. The Morgan fingerprint density at radius 1 is 0.529 bits per heavy atom. The number of amides is 1. The molecule has 0 fully saturated rings. The van der Waals surface area contributed by atoms with Crippen molar-refractivity contribution in [2.45, 2.75) is 71.9 Å². The fourth-order valence-electron chi connectivity index (χ4n) is 7.58. The SMILES string of the molecule is Brc1ccc(I)nc1.CCC(C)(C)C(O)(c1cncnc1)c1ccc(-c2ccc(OC(F)(F)F)cc2)cn1.CCC(C)(C)C(O)(c1cncnc1)c1ccc(Br)cn1.CON(C)C(=O)c1cncnc1.O=C(c1cncnc1)c1ccc(Br)cn1. The van der Waals surface area contributed by atoms with E-state index >= 15 is 0 Å². The van der Waals surface area contributed by atoms with Crippen molar-refractivity contribution < 1.29 is 42.5 Å². The number of carbonyl (C=O) groups is 2. The third-order valence-corrected chi connectivity index (χ3v) is 15.2. The highest BCUT2D eigenvalue weighted by molar-refractivity contribution is 14.1. The highest BCUT2D eigenvalue weighted by Crippen LogP contribution is 2.47. The molecule has 19 nitrogen and oxygen atoms in total. The molecule has 444 valence electrons. The molecule has 0 saturated heterocycles. The van der Waals surface area contributed by atoms with Crippen LogP contribution in [0.3, 0.4) is 0 Å². The van der Waals surface area contributed by atoms with Crippen LogP contribution in [0.5, 0.6) is 5.75 Å². The Balaban J connectivity index is 0.000000208. The van der Waals surface area contributed by atoms with Crippen molar-refractivity contribution in [3.05, 3.63) is 229 Å². The Hall–Kier alpha value is -7.08. The molecule has 0 aliphatic carbocycles. The van der Waals surface area contributed by atoms with Gasteiger partial charge in [-0.15, -0.1) is 13.2 Å². The van der Waals surface area contributed by atoms with Crippen LogP contribution >= 0.6 is 70.4 Å². The van der Waals surface area contributed by atoms with E-state index in [1.165, 1.54) is 88.5 Å². The van der Waals surface area contributed by atoms with E-state index in [1.54, 1.807) is 73.8 Å². The van der Waals surface area contributed by atoms with Crippen LogP contribution < -0.4 is 4.74 Å². The number of carbonyl (C=O) groups excluding carboxylic acids is 2. The molecule has 26 heteroatoms. The molecule has 8 aromatic heterocycles. The summed E-state index contributed by atoms with van der Waals surface area (Å²) in [5, 5.41) is 24.2. The van der Waals surface area contributed by atoms with E-state index in [0.29, 0.717) is 56.9 Å². The molecule has 2 atom stereocenters. The number of aliphatic hydroxyl groups is 2. The summed E-state index contributed by atoms with van der Waals surface area (Å²) >= 11 is 12.1. The van der Waals surface area contributed by atoms with Crippen LogP contribution in [-0.4, -0.2) is 107 Å². The molecular formula is C59H58Br3F3IN13O6. The molecule has 0 aliphatic rings. The molecule has 85 heavy (non-hydrogen) atoms. The highest BCUT2D eigenvalue weighted by atomic mass is 127. The van der Waals surface area contributed by atoms with Crippen LogP contribution in [0.25, 0.3) is 11.1 Å². The van der Waals surface area contributed by atoms with Gasteiger partial charge in [-0.05, 0) is 143 Å². The number of halogens is 7. The minimum absolute atomic E-state index is 0.178. The molecule has 0 radical (unpaired) electrons. The molecule has 9 rings (SSSR count). The average Bonchev–Trinajstić information content (AvgIpc) is 3.66. The Labute approximate surface area is 528 Å². The average molecular weight is 1470 g/mol. The van der Waals surface area contributed by atoms with Gasteiger partial charge in [-0.2, -0.15) is 0 Å². The summed E-state index contributed by atoms with van der Waals surface area (Å²) in [5.41, 5.74) is 1.18. The van der Waals surface area contributed by atoms with Gasteiger partial charge in [0.05, 0.1) is 29.6 Å². The number of nitrogens with zero attached hydrogens (tertiary/aromatic N) is 13. The monoisotopic (exact) mass is 1470 g/mol. The number of alkyl halides is 3. The topological polar surface area (TPSA) is 251 Å². The molecule has 1 aromatic carbocycles. The largest absolute Gasteiger partial charge is 0.573 e. The van der Waals surface area contributed by atoms with Gasteiger partial charge in [0, 0.05) is 122 Å². The standard InChI is InChI=1S/C22H22F3N3O2.C15H18BrN3O.C10H6BrN3O.C7H9N3O2.C5H3BrIN/c1-4-20(2,3)21(29,17-12-26-14-27-13-17)19-10-7-16(11-28-19)15-5-8-18(9-6-15)30-22(23,24)25;1-4-14(2,3)15(20,11-7-17-10-18-8-11)13-6-5-12(16)9-19-13;11-8-1-2-9(14-5-8)10(15)7-3-12-6-13-4-7;1-10(12-2)7(11)6-3-8-5-9-4-6;6-4-1-2-5(7)8-3-4/h5-14,29H,4H2,1-3H3;5-10,20H,4H2,1-3H3;1-6H;3-5H,1-2H3;1-3H. The van der Waals surface area contributed by atoms with Gasteiger partial charge in [0.2, 0.25) is 5.78 Å². The summed E-state index contributed by atoms with van der Waals surface area (Å²) < 4.78 is 44.6. The fourth-order valence-corrected chi connectivity index (χ4v) is 8.60. The highest BCUT2D eigenvalue weighted by Gasteiger charge is 2.48. The van der Waals surface area contributed by atoms with Gasteiger partial charge < -0.3 is 14.9 Å². The summed E-state index contributed by atoms with van der Waals surface area (Å²) in [7, 11) is 2.94. The van der Waals surface area contributed by atoms with Crippen molar-refractivity contribution in [2.75, 3.05) is 14.2 Å². The van der Waals surface area contributed by atoms with Crippen LogP contribution in [0.15, 0.2) is 186 Å². The molecule has 2 N–H and O–H groups in total. The van der Waals surface area contributed by atoms with Gasteiger partial charge in [-0.3, -0.25) is 29.4 Å². The third kappa shape index (κ3) is 19.2. The van der Waals surface area contributed by atoms with Gasteiger partial charge >= 0.3 is 6.36 Å². The number of ether oxygens (including phenoxy) is 1. The Bertz CT molecular complexity index is 3460. The van der Waals surface area contributed by atoms with Crippen LogP contribution in [-0.2, 0) is 16.0 Å². The van der Waals surface area contributed by atoms with Crippen molar-refractivity contribution >= 4 is 82.1 Å². The van der Waals surface area contributed by atoms with Crippen LogP contribution in [0.2, 0.25) is 0 Å². The second-order valence-electron chi connectivity index (χ2n) is 19.2. The van der Waals surface area contributed by atoms with Gasteiger partial charge in [-0.1, -0.05) is 59.7 Å². The summed E-state index contributed by atoms with van der Waals surface area (Å²) in [6, 6.07) is 20.0. The smallest absolute Gasteiger partial charge is 0.406 e. The summed E-state index contributed by atoms with van der Waals surface area (Å²) in [5.74, 6) is -0.736. The Morgan fingerprint density at radius 2 is 0.929 bits per heavy atom. The molecule has 2 unspecified atom stereocenters. The van der Waals surface area contributed by atoms with Crippen LogP contribution in [0, 0.1) is 14.5 Å². The van der Waals surface area contributed by atoms with Crippen LogP contribution in [0.1, 0.15) is 103 Å². The van der Waals surface area contributed by atoms with Crippen molar-refractivity contribution in [1.29, 1.82) is 0 Å². The van der Waals surface area contributed by atoms with E-state index in [2.05, 4.69) is 135 Å². The lowest BCUT2D eigenvalue weighted by atomic mass is 9.68. The molecule has 0 spiro atoms. The normalized spacial score (nSPS) is 12.5. The van der Waals surface area contributed by atoms with E-state index in [-0.39, 0.29) is 17.4 Å². The predicted molar refractivity (Wildman–Crippen MR) is 330 cm³/mol. The molecular weight excluding hydrogens is 1410 g/mol. The lowest BCUT2D eigenvalue weighted by Gasteiger charge is -2.41. The molecule has 0 bridgehead atoms. The fraction of sp³-hybridized carbons (Fsp3) is 0.254. The first-order chi connectivity index (χ1) is 40.3. The maximum atomic E-state index is 12.3. The molecule has 1 amide bonds. The minimum Gasteiger partial charge on any atom is -0.406 e. The Kier molecular flexibility index (Phi) is 25.8. The minimum atomic E-state index is -4.73. The van der Waals surface area contributed by atoms with Gasteiger partial charge in [0.25, 0.3) is 5.91 Å². The van der Waals surface area contributed by atoms with Crippen LogP contribution in [0.4, 0.5) is 13.2 Å². The van der Waals surface area contributed by atoms with E-state index in [9.17, 15) is 33.0 Å². The van der Waals surface area contributed by atoms with Crippen molar-refractivity contribution in [1.82, 2.24) is 64.9 Å². The van der Waals surface area contributed by atoms with Gasteiger partial charge in [0.1, 0.15) is 51.7 Å². The van der Waals surface area contributed by atoms with E-state index in [1.807, 2.05) is 65.8 Å². The second kappa shape index (κ2) is 31.9. The van der Waals surface area contributed by atoms with Gasteiger partial charge in [0.15, 0.2) is 0 Å². The molecule has 8 heterocycles. The number of ketones is 1. The first-order valence-electron chi connectivity index (χ1n) is 25.5. The number of aromatic nitrogens is 12. The lowest BCUT2D eigenvalue weighted by molar-refractivity contribution is -0.274. The van der Waals surface area contributed by atoms with Crippen molar-refractivity contribution in [3.8, 4) is 16.9 Å². The summed E-state index contributed by atoms with van der Waals surface area (Å²) in [4.78, 5) is 75.8. The zero-order valence-corrected chi connectivity index (χ0v) is 54.0.